The Labute approximate surface area is 146 Å². The maximum atomic E-state index is 13.1. The quantitative estimate of drug-likeness (QED) is 0.707. The first-order chi connectivity index (χ1) is 11.8. The third-order valence-corrected chi connectivity index (χ3v) is 3.84. The molecule has 1 rings (SSSR count). The summed E-state index contributed by atoms with van der Waals surface area (Å²) in [5.74, 6) is -0.108. The van der Waals surface area contributed by atoms with Gasteiger partial charge in [-0.05, 0) is 38.0 Å². The van der Waals surface area contributed by atoms with Gasteiger partial charge < -0.3 is 9.80 Å². The van der Waals surface area contributed by atoms with E-state index in [9.17, 15) is 18.0 Å². The topological polar surface area (TPSA) is 47.3 Å². The van der Waals surface area contributed by atoms with Gasteiger partial charge in [-0.15, -0.1) is 0 Å². The van der Waals surface area contributed by atoms with Crippen LogP contribution in [-0.4, -0.2) is 37.0 Å². The number of alkyl halides is 3. The second-order valence-electron chi connectivity index (χ2n) is 5.73. The number of carbonyl (C=O) groups excluding carboxylic acids is 1. The molecule has 0 saturated carbocycles. The van der Waals surface area contributed by atoms with Crippen molar-refractivity contribution < 1.29 is 18.0 Å². The molecule has 4 nitrogen and oxygen atoms in total. The van der Waals surface area contributed by atoms with Crippen molar-refractivity contribution in [2.45, 2.75) is 39.8 Å². The summed E-state index contributed by atoms with van der Waals surface area (Å²) in [6.07, 6.45) is -2.96. The van der Waals surface area contributed by atoms with Gasteiger partial charge in [-0.2, -0.15) is 18.4 Å². The lowest BCUT2D eigenvalue weighted by atomic mass is 10.1. The molecule has 25 heavy (non-hydrogen) atoms. The monoisotopic (exact) mass is 355 g/mol. The highest BCUT2D eigenvalue weighted by atomic mass is 19.4. The van der Waals surface area contributed by atoms with Gasteiger partial charge in [-0.1, -0.05) is 13.8 Å². The number of rotatable bonds is 8. The second-order valence-corrected chi connectivity index (χ2v) is 5.73. The molecule has 0 N–H and O–H groups in total. The van der Waals surface area contributed by atoms with E-state index in [0.717, 1.165) is 25.0 Å². The molecule has 1 aromatic carbocycles. The molecule has 0 bridgehead atoms. The maximum Gasteiger partial charge on any atom is 0.417 e. The van der Waals surface area contributed by atoms with E-state index in [1.165, 1.54) is 6.07 Å². The first-order valence-electron chi connectivity index (χ1n) is 8.42. The van der Waals surface area contributed by atoms with Crippen LogP contribution >= 0.6 is 0 Å². The lowest BCUT2D eigenvalue weighted by Crippen LogP contribution is -2.41. The van der Waals surface area contributed by atoms with Gasteiger partial charge in [0.15, 0.2) is 0 Å². The van der Waals surface area contributed by atoms with Gasteiger partial charge in [-0.3, -0.25) is 4.79 Å². The van der Waals surface area contributed by atoms with E-state index in [4.69, 9.17) is 5.26 Å². The minimum atomic E-state index is -4.61. The molecule has 7 heteroatoms. The minimum Gasteiger partial charge on any atom is -0.362 e. The van der Waals surface area contributed by atoms with Crippen LogP contribution < -0.4 is 4.90 Å². The molecule has 1 amide bonds. The van der Waals surface area contributed by atoms with Crippen LogP contribution in [0.25, 0.3) is 0 Å². The number of halogens is 3. The van der Waals surface area contributed by atoms with Crippen molar-refractivity contribution in [3.05, 3.63) is 29.3 Å². The van der Waals surface area contributed by atoms with Crippen LogP contribution in [0.4, 0.5) is 18.9 Å². The number of likely N-dealkylation sites (N-methyl/N-ethyl adjacent to an activating group) is 1. The third-order valence-electron chi connectivity index (χ3n) is 3.84. The van der Waals surface area contributed by atoms with Crippen molar-refractivity contribution in [1.82, 2.24) is 4.90 Å². The average molecular weight is 355 g/mol. The molecular formula is C18H24F3N3O. The number of hydrogen-bond acceptors (Lipinski definition) is 3. The molecule has 1 aromatic rings. The van der Waals surface area contributed by atoms with E-state index < -0.39 is 17.3 Å². The van der Waals surface area contributed by atoms with E-state index in [0.29, 0.717) is 19.6 Å². The van der Waals surface area contributed by atoms with Gasteiger partial charge in [0.1, 0.15) is 0 Å². The van der Waals surface area contributed by atoms with Crippen molar-refractivity contribution in [1.29, 1.82) is 5.26 Å². The molecule has 0 heterocycles. The fourth-order valence-corrected chi connectivity index (χ4v) is 2.61. The number of hydrogen-bond donors (Lipinski definition) is 0. The van der Waals surface area contributed by atoms with E-state index in [-0.39, 0.29) is 18.1 Å². The van der Waals surface area contributed by atoms with Crippen molar-refractivity contribution in [2.75, 3.05) is 31.1 Å². The van der Waals surface area contributed by atoms with Crippen molar-refractivity contribution in [3.63, 3.8) is 0 Å². The highest BCUT2D eigenvalue weighted by Crippen LogP contribution is 2.34. The van der Waals surface area contributed by atoms with E-state index in [2.05, 4.69) is 0 Å². The number of benzene rings is 1. The first-order valence-corrected chi connectivity index (χ1v) is 8.42. The highest BCUT2D eigenvalue weighted by molar-refractivity contribution is 5.81. The molecule has 0 radical (unpaired) electrons. The van der Waals surface area contributed by atoms with Gasteiger partial charge in [0.2, 0.25) is 5.91 Å². The van der Waals surface area contributed by atoms with E-state index >= 15 is 0 Å². The zero-order chi connectivity index (χ0) is 19.0. The summed E-state index contributed by atoms with van der Waals surface area (Å²) in [5, 5.41) is 8.88. The Morgan fingerprint density at radius 3 is 2.20 bits per heavy atom. The van der Waals surface area contributed by atoms with Crippen LogP contribution in [0.5, 0.6) is 0 Å². The molecule has 0 saturated heterocycles. The second kappa shape index (κ2) is 9.30. The predicted molar refractivity (Wildman–Crippen MR) is 91.2 cm³/mol. The van der Waals surface area contributed by atoms with Gasteiger partial charge in [0, 0.05) is 25.3 Å². The zero-order valence-corrected chi connectivity index (χ0v) is 14.9. The lowest BCUT2D eigenvalue weighted by molar-refractivity contribution is -0.137. The Bertz CT molecular complexity index is 617. The van der Waals surface area contributed by atoms with Gasteiger partial charge in [0.05, 0.1) is 23.7 Å². The SMILES string of the molecule is CCCN(CCC)C(=O)CN(CC)c1ccc(C#N)c(C(F)(F)F)c1. The lowest BCUT2D eigenvalue weighted by Gasteiger charge is -2.28. The summed E-state index contributed by atoms with van der Waals surface area (Å²) in [6.45, 7) is 7.40. The van der Waals surface area contributed by atoms with Gasteiger partial charge in [-0.25, -0.2) is 0 Å². The zero-order valence-electron chi connectivity index (χ0n) is 14.9. The molecule has 0 aliphatic carbocycles. The maximum absolute atomic E-state index is 13.1. The highest BCUT2D eigenvalue weighted by Gasteiger charge is 2.34. The molecule has 0 aromatic heterocycles. The summed E-state index contributed by atoms with van der Waals surface area (Å²) in [6, 6.07) is 5.12. The summed E-state index contributed by atoms with van der Waals surface area (Å²) in [7, 11) is 0. The largest absolute Gasteiger partial charge is 0.417 e. The van der Waals surface area contributed by atoms with Crippen LogP contribution in [0.1, 0.15) is 44.7 Å². The Morgan fingerprint density at radius 2 is 1.76 bits per heavy atom. The van der Waals surface area contributed by atoms with E-state index in [1.54, 1.807) is 22.8 Å². The third kappa shape index (κ3) is 5.66. The molecule has 0 aliphatic rings. The van der Waals surface area contributed by atoms with Crippen LogP contribution in [0.2, 0.25) is 0 Å². The van der Waals surface area contributed by atoms with Crippen LogP contribution in [0.15, 0.2) is 18.2 Å². The summed E-state index contributed by atoms with van der Waals surface area (Å²) < 4.78 is 39.4. The van der Waals surface area contributed by atoms with Crippen LogP contribution in [0, 0.1) is 11.3 Å². The van der Waals surface area contributed by atoms with Crippen LogP contribution in [0.3, 0.4) is 0 Å². The molecule has 138 valence electrons. The standard InChI is InChI=1S/C18H24F3N3O/c1-4-9-24(10-5-2)17(25)13-23(6-3)15-8-7-14(12-22)16(11-15)18(19,20)21/h7-8,11H,4-6,9-10,13H2,1-3H3. The molecule has 0 spiro atoms. The molecular weight excluding hydrogens is 331 g/mol. The number of nitrogens with zero attached hydrogens (tertiary/aromatic N) is 3. The molecule has 0 unspecified atom stereocenters. The number of anilines is 1. The first kappa shape index (κ1) is 20.8. The Hall–Kier alpha value is -2.23. The average Bonchev–Trinajstić information content (AvgIpc) is 2.58. The molecule has 0 fully saturated rings. The minimum absolute atomic E-state index is 0.0136. The summed E-state index contributed by atoms with van der Waals surface area (Å²) in [4.78, 5) is 15.8. The Balaban J connectivity index is 3.07. The molecule has 0 aliphatic heterocycles. The van der Waals surface area contributed by atoms with Crippen molar-refractivity contribution in [2.24, 2.45) is 0 Å². The Morgan fingerprint density at radius 1 is 1.16 bits per heavy atom. The normalized spacial score (nSPS) is 11.1. The number of carbonyl (C=O) groups is 1. The van der Waals surface area contributed by atoms with Gasteiger partial charge in [0.25, 0.3) is 0 Å². The predicted octanol–water partition coefficient (Wildman–Crippen LogP) is 4.05. The number of amides is 1. The van der Waals surface area contributed by atoms with Crippen LogP contribution in [-0.2, 0) is 11.0 Å². The summed E-state index contributed by atoms with van der Waals surface area (Å²) in [5.41, 5.74) is -1.11. The van der Waals surface area contributed by atoms with Gasteiger partial charge >= 0.3 is 6.18 Å². The smallest absolute Gasteiger partial charge is 0.362 e. The van der Waals surface area contributed by atoms with Crippen molar-refractivity contribution in [3.8, 4) is 6.07 Å². The Kier molecular flexibility index (Phi) is 7.75. The molecule has 0 atom stereocenters. The fraction of sp³-hybridized carbons (Fsp3) is 0.556. The van der Waals surface area contributed by atoms with E-state index in [1.807, 2.05) is 13.8 Å². The number of nitriles is 1. The van der Waals surface area contributed by atoms with Crippen molar-refractivity contribution >= 4 is 11.6 Å². The summed E-state index contributed by atoms with van der Waals surface area (Å²) >= 11 is 0. The fourth-order valence-electron chi connectivity index (χ4n) is 2.61.